The first-order valence-corrected chi connectivity index (χ1v) is 10.2. The molecule has 0 spiro atoms. The number of benzene rings is 2. The summed E-state index contributed by atoms with van der Waals surface area (Å²) in [7, 11) is -3.75. The molecule has 2 aromatic carbocycles. The van der Waals surface area contributed by atoms with Gasteiger partial charge in [0.15, 0.2) is 0 Å². The monoisotopic (exact) mass is 380 g/mol. The van der Waals surface area contributed by atoms with E-state index in [9.17, 15) is 18.3 Å². The summed E-state index contributed by atoms with van der Waals surface area (Å²) < 4.78 is 27.0. The molecule has 0 aromatic heterocycles. The number of nitrogens with one attached hydrogen (secondary N) is 2. The largest absolute Gasteiger partial charge is 0.387 e. The Morgan fingerprint density at radius 3 is 2.24 bits per heavy atom. The number of anilines is 1. The maximum atomic E-state index is 12.3. The minimum Gasteiger partial charge on any atom is -0.387 e. The van der Waals surface area contributed by atoms with Crippen LogP contribution in [0.25, 0.3) is 0 Å². The first-order valence-electron chi connectivity index (χ1n) is 7.51. The van der Waals surface area contributed by atoms with Gasteiger partial charge in [0.05, 0.1) is 11.0 Å². The average molecular weight is 380 g/mol. The van der Waals surface area contributed by atoms with Gasteiger partial charge in [0, 0.05) is 24.1 Å². The van der Waals surface area contributed by atoms with Crippen molar-refractivity contribution in [2.24, 2.45) is 0 Å². The molecular weight excluding hydrogens is 360 g/mol. The van der Waals surface area contributed by atoms with Crippen LogP contribution in [-0.4, -0.2) is 32.2 Å². The smallest absolute Gasteiger partial charge is 0.240 e. The Balaban J connectivity index is 2.01. The molecule has 25 heavy (non-hydrogen) atoms. The van der Waals surface area contributed by atoms with E-state index in [1.807, 2.05) is 18.4 Å². The number of aliphatic hydroxyl groups is 1. The Labute approximate surface area is 151 Å². The SMILES string of the molecule is CSc1ccc(C(O)CNS(=O)(=O)c2ccc(NC(C)=O)cc2)cc1. The van der Waals surface area contributed by atoms with E-state index < -0.39 is 16.1 Å². The van der Waals surface area contributed by atoms with E-state index in [0.29, 0.717) is 11.3 Å². The lowest BCUT2D eigenvalue weighted by atomic mass is 10.1. The highest BCUT2D eigenvalue weighted by molar-refractivity contribution is 7.98. The number of hydrogen-bond donors (Lipinski definition) is 3. The lowest BCUT2D eigenvalue weighted by Crippen LogP contribution is -2.28. The number of sulfonamides is 1. The number of aliphatic hydroxyl groups excluding tert-OH is 1. The van der Waals surface area contributed by atoms with Gasteiger partial charge in [0.2, 0.25) is 15.9 Å². The maximum absolute atomic E-state index is 12.3. The average Bonchev–Trinajstić information content (AvgIpc) is 2.60. The molecule has 8 heteroatoms. The van der Waals surface area contributed by atoms with E-state index in [1.54, 1.807) is 23.9 Å². The predicted molar refractivity (Wildman–Crippen MR) is 99.1 cm³/mol. The van der Waals surface area contributed by atoms with Crippen molar-refractivity contribution in [2.75, 3.05) is 18.1 Å². The van der Waals surface area contributed by atoms with Gasteiger partial charge in [0.1, 0.15) is 0 Å². The van der Waals surface area contributed by atoms with Crippen LogP contribution >= 0.6 is 11.8 Å². The molecule has 1 atom stereocenters. The molecule has 134 valence electrons. The molecule has 0 aliphatic rings. The minimum atomic E-state index is -3.75. The van der Waals surface area contributed by atoms with Crippen molar-refractivity contribution in [1.82, 2.24) is 4.72 Å². The topological polar surface area (TPSA) is 95.5 Å². The van der Waals surface area contributed by atoms with Gasteiger partial charge >= 0.3 is 0 Å². The molecule has 0 aliphatic carbocycles. The fourth-order valence-electron chi connectivity index (χ4n) is 2.14. The van der Waals surface area contributed by atoms with E-state index in [0.717, 1.165) is 4.90 Å². The van der Waals surface area contributed by atoms with Crippen molar-refractivity contribution < 1.29 is 18.3 Å². The van der Waals surface area contributed by atoms with Gasteiger partial charge in [-0.15, -0.1) is 11.8 Å². The van der Waals surface area contributed by atoms with Gasteiger partial charge in [0.25, 0.3) is 0 Å². The standard InChI is InChI=1S/C17H20N2O4S2/c1-12(20)19-14-5-9-16(10-6-14)25(22,23)18-11-17(21)13-3-7-15(24-2)8-4-13/h3-10,17-18,21H,11H2,1-2H3,(H,19,20). The van der Waals surface area contributed by atoms with E-state index in [4.69, 9.17) is 0 Å². The van der Waals surface area contributed by atoms with Gasteiger partial charge in [-0.05, 0) is 48.2 Å². The lowest BCUT2D eigenvalue weighted by Gasteiger charge is -2.13. The van der Waals surface area contributed by atoms with Crippen LogP contribution in [0.1, 0.15) is 18.6 Å². The Morgan fingerprint density at radius 2 is 1.72 bits per heavy atom. The molecule has 0 heterocycles. The molecule has 1 amide bonds. The maximum Gasteiger partial charge on any atom is 0.240 e. The molecule has 2 aromatic rings. The van der Waals surface area contributed by atoms with Crippen LogP contribution in [0.15, 0.2) is 58.3 Å². The summed E-state index contributed by atoms with van der Waals surface area (Å²) in [6.07, 6.45) is 1.01. The second-order valence-corrected chi connectivity index (χ2v) is 7.99. The zero-order valence-electron chi connectivity index (χ0n) is 13.9. The molecule has 0 saturated carbocycles. The van der Waals surface area contributed by atoms with Crippen molar-refractivity contribution in [1.29, 1.82) is 0 Å². The minimum absolute atomic E-state index is 0.0616. The Morgan fingerprint density at radius 1 is 1.12 bits per heavy atom. The first-order chi connectivity index (χ1) is 11.8. The quantitative estimate of drug-likeness (QED) is 0.641. The number of thioether (sulfide) groups is 1. The number of carbonyl (C=O) groups excluding carboxylic acids is 1. The van der Waals surface area contributed by atoms with E-state index in [2.05, 4.69) is 10.0 Å². The highest BCUT2D eigenvalue weighted by Gasteiger charge is 2.16. The van der Waals surface area contributed by atoms with Gasteiger partial charge in [-0.25, -0.2) is 13.1 Å². The fourth-order valence-corrected chi connectivity index (χ4v) is 3.58. The second kappa shape index (κ2) is 8.48. The van der Waals surface area contributed by atoms with E-state index >= 15 is 0 Å². The highest BCUT2D eigenvalue weighted by atomic mass is 32.2. The summed E-state index contributed by atoms with van der Waals surface area (Å²) in [5.74, 6) is -0.232. The molecule has 0 radical (unpaired) electrons. The highest BCUT2D eigenvalue weighted by Crippen LogP contribution is 2.19. The van der Waals surface area contributed by atoms with Gasteiger partial charge < -0.3 is 10.4 Å². The third-order valence-electron chi connectivity index (χ3n) is 3.45. The van der Waals surface area contributed by atoms with Crippen LogP contribution < -0.4 is 10.0 Å². The van der Waals surface area contributed by atoms with Gasteiger partial charge in [-0.1, -0.05) is 12.1 Å². The van der Waals surface area contributed by atoms with Crippen LogP contribution in [-0.2, 0) is 14.8 Å². The summed E-state index contributed by atoms with van der Waals surface area (Å²) in [6.45, 7) is 1.24. The molecular formula is C17H20N2O4S2. The normalized spacial score (nSPS) is 12.6. The summed E-state index contributed by atoms with van der Waals surface area (Å²) in [6, 6.07) is 13.1. The van der Waals surface area contributed by atoms with E-state index in [-0.39, 0.29) is 17.3 Å². The third-order valence-corrected chi connectivity index (χ3v) is 5.64. The van der Waals surface area contributed by atoms with Crippen LogP contribution in [0.5, 0.6) is 0 Å². The number of rotatable bonds is 7. The lowest BCUT2D eigenvalue weighted by molar-refractivity contribution is -0.114. The Bertz CT molecular complexity index is 819. The van der Waals surface area contributed by atoms with Crippen molar-refractivity contribution in [2.45, 2.75) is 22.8 Å². The second-order valence-electron chi connectivity index (χ2n) is 5.35. The molecule has 2 rings (SSSR count). The molecule has 0 fully saturated rings. The number of amides is 1. The number of hydrogen-bond acceptors (Lipinski definition) is 5. The van der Waals surface area contributed by atoms with Crippen LogP contribution in [0.3, 0.4) is 0 Å². The zero-order valence-corrected chi connectivity index (χ0v) is 15.5. The summed E-state index contributed by atoms with van der Waals surface area (Å²) in [4.78, 5) is 12.1. The fraction of sp³-hybridized carbons (Fsp3) is 0.235. The van der Waals surface area contributed by atoms with Crippen LogP contribution in [0.2, 0.25) is 0 Å². The molecule has 3 N–H and O–H groups in total. The Hall–Kier alpha value is -1.87. The van der Waals surface area contributed by atoms with Crippen molar-refractivity contribution >= 4 is 33.4 Å². The summed E-state index contributed by atoms with van der Waals surface area (Å²) >= 11 is 1.59. The van der Waals surface area contributed by atoms with Crippen molar-refractivity contribution in [3.05, 3.63) is 54.1 Å². The van der Waals surface area contributed by atoms with Crippen molar-refractivity contribution in [3.63, 3.8) is 0 Å². The predicted octanol–water partition coefficient (Wildman–Crippen LogP) is 2.38. The third kappa shape index (κ3) is 5.57. The van der Waals surface area contributed by atoms with Crippen molar-refractivity contribution in [3.8, 4) is 0 Å². The number of carbonyl (C=O) groups is 1. The van der Waals surface area contributed by atoms with Gasteiger partial charge in [-0.3, -0.25) is 4.79 Å². The summed E-state index contributed by atoms with van der Waals surface area (Å²) in [5, 5.41) is 12.7. The molecule has 0 aliphatic heterocycles. The first kappa shape index (κ1) is 19.5. The molecule has 1 unspecified atom stereocenters. The Kier molecular flexibility index (Phi) is 6.60. The van der Waals surface area contributed by atoms with Crippen LogP contribution in [0, 0.1) is 0 Å². The van der Waals surface area contributed by atoms with Crippen LogP contribution in [0.4, 0.5) is 5.69 Å². The molecule has 0 bridgehead atoms. The molecule has 6 nitrogen and oxygen atoms in total. The van der Waals surface area contributed by atoms with Gasteiger partial charge in [-0.2, -0.15) is 0 Å². The molecule has 0 saturated heterocycles. The zero-order chi connectivity index (χ0) is 18.4. The summed E-state index contributed by atoms with van der Waals surface area (Å²) in [5.41, 5.74) is 1.15. The van der Waals surface area contributed by atoms with E-state index in [1.165, 1.54) is 31.2 Å².